The number of rotatable bonds is 0. The van der Waals surface area contributed by atoms with Crippen LogP contribution in [0.2, 0.25) is 0 Å². The Morgan fingerprint density at radius 2 is 2.27 bits per heavy atom. The normalized spacial score (nSPS) is 23.6. The van der Waals surface area contributed by atoms with Crippen molar-refractivity contribution in [2.75, 3.05) is 11.6 Å². The molecule has 2 rings (SSSR count). The zero-order valence-electron chi connectivity index (χ0n) is 5.57. The molecule has 0 aromatic heterocycles. The SMILES string of the molecule is O=C1SCC(=O)N2CSC=C12. The molecule has 0 atom stereocenters. The minimum absolute atomic E-state index is 0.0228. The van der Waals surface area contributed by atoms with E-state index in [-0.39, 0.29) is 11.0 Å². The van der Waals surface area contributed by atoms with Crippen LogP contribution in [0.3, 0.4) is 0 Å². The molecule has 0 unspecified atom stereocenters. The molecule has 0 saturated carbocycles. The summed E-state index contributed by atoms with van der Waals surface area (Å²) in [6.45, 7) is 0. The summed E-state index contributed by atoms with van der Waals surface area (Å²) in [5, 5.41) is 1.78. The maximum Gasteiger partial charge on any atom is 0.238 e. The number of carbonyl (C=O) groups is 2. The van der Waals surface area contributed by atoms with Crippen LogP contribution in [0.4, 0.5) is 0 Å². The van der Waals surface area contributed by atoms with E-state index in [1.54, 1.807) is 10.3 Å². The minimum Gasteiger partial charge on any atom is -0.297 e. The van der Waals surface area contributed by atoms with Crippen LogP contribution in [-0.4, -0.2) is 27.6 Å². The fraction of sp³-hybridized carbons (Fsp3) is 0.333. The Hall–Kier alpha value is -0.420. The van der Waals surface area contributed by atoms with Crippen LogP contribution in [-0.2, 0) is 9.59 Å². The van der Waals surface area contributed by atoms with Crippen LogP contribution < -0.4 is 0 Å². The molecule has 58 valence electrons. The van der Waals surface area contributed by atoms with Crippen molar-refractivity contribution in [2.45, 2.75) is 0 Å². The van der Waals surface area contributed by atoms with Crippen molar-refractivity contribution in [2.24, 2.45) is 0 Å². The van der Waals surface area contributed by atoms with E-state index in [4.69, 9.17) is 0 Å². The third-order valence-electron chi connectivity index (χ3n) is 1.53. The van der Waals surface area contributed by atoms with Gasteiger partial charge in [-0.05, 0) is 0 Å². The summed E-state index contributed by atoms with van der Waals surface area (Å²) in [5.74, 6) is 0.961. The van der Waals surface area contributed by atoms with Gasteiger partial charge < -0.3 is 0 Å². The average molecular weight is 187 g/mol. The molecule has 0 bridgehead atoms. The average Bonchev–Trinajstić information content (AvgIpc) is 2.45. The Morgan fingerprint density at radius 1 is 1.45 bits per heavy atom. The van der Waals surface area contributed by atoms with Crippen molar-refractivity contribution >= 4 is 34.5 Å². The quantitative estimate of drug-likeness (QED) is 0.557. The summed E-state index contributed by atoms with van der Waals surface area (Å²) in [6.07, 6.45) is 0. The van der Waals surface area contributed by atoms with Gasteiger partial charge in [-0.25, -0.2) is 0 Å². The van der Waals surface area contributed by atoms with E-state index in [9.17, 15) is 9.59 Å². The molecule has 0 aromatic rings. The Morgan fingerprint density at radius 3 is 3.00 bits per heavy atom. The molecule has 1 fully saturated rings. The van der Waals surface area contributed by atoms with Gasteiger partial charge >= 0.3 is 0 Å². The molecule has 0 spiro atoms. The second-order valence-corrected chi connectivity index (χ2v) is 3.97. The smallest absolute Gasteiger partial charge is 0.238 e. The lowest BCUT2D eigenvalue weighted by Gasteiger charge is -2.21. The highest BCUT2D eigenvalue weighted by atomic mass is 32.2. The molecule has 0 N–H and O–H groups in total. The Labute approximate surface area is 72.2 Å². The molecule has 5 heteroatoms. The molecule has 3 nitrogen and oxygen atoms in total. The van der Waals surface area contributed by atoms with Gasteiger partial charge in [0, 0.05) is 5.41 Å². The molecule has 11 heavy (non-hydrogen) atoms. The van der Waals surface area contributed by atoms with Crippen molar-refractivity contribution in [3.05, 3.63) is 11.1 Å². The zero-order chi connectivity index (χ0) is 7.84. The predicted octanol–water partition coefficient (Wildman–Crippen LogP) is 0.634. The Balaban J connectivity index is 2.31. The first-order chi connectivity index (χ1) is 5.29. The number of hydrogen-bond donors (Lipinski definition) is 0. The molecule has 0 aliphatic carbocycles. The first kappa shape index (κ1) is 7.24. The monoisotopic (exact) mass is 187 g/mol. The lowest BCUT2D eigenvalue weighted by molar-refractivity contribution is -0.128. The highest BCUT2D eigenvalue weighted by Crippen LogP contribution is 2.31. The molecule has 0 radical (unpaired) electrons. The standard InChI is InChI=1S/C6H5NO2S2/c8-5-2-11-6(9)4-1-10-3-7(4)5/h1H,2-3H2. The van der Waals surface area contributed by atoms with Gasteiger partial charge in [-0.15, -0.1) is 11.8 Å². The summed E-state index contributed by atoms with van der Waals surface area (Å²) in [7, 11) is 0. The molecule has 2 heterocycles. The van der Waals surface area contributed by atoms with Gasteiger partial charge in [-0.2, -0.15) is 0 Å². The molecular weight excluding hydrogens is 182 g/mol. The molecular formula is C6H5NO2S2. The van der Waals surface area contributed by atoms with Crippen molar-refractivity contribution in [3.63, 3.8) is 0 Å². The van der Waals surface area contributed by atoms with Crippen LogP contribution in [0.5, 0.6) is 0 Å². The largest absolute Gasteiger partial charge is 0.297 e. The summed E-state index contributed by atoms with van der Waals surface area (Å²) in [6, 6.07) is 0. The van der Waals surface area contributed by atoms with Crippen molar-refractivity contribution in [3.8, 4) is 0 Å². The Bertz CT molecular complexity index is 261. The molecule has 1 saturated heterocycles. The molecule has 0 aromatic carbocycles. The van der Waals surface area contributed by atoms with E-state index in [1.165, 1.54) is 11.8 Å². The zero-order valence-corrected chi connectivity index (χ0v) is 7.20. The molecule has 1 amide bonds. The highest BCUT2D eigenvalue weighted by Gasteiger charge is 2.32. The fourth-order valence-corrected chi connectivity index (χ4v) is 2.67. The van der Waals surface area contributed by atoms with Gasteiger partial charge in [0.1, 0.15) is 5.70 Å². The van der Waals surface area contributed by atoms with Gasteiger partial charge in [0.2, 0.25) is 11.0 Å². The van der Waals surface area contributed by atoms with Crippen LogP contribution in [0.25, 0.3) is 0 Å². The van der Waals surface area contributed by atoms with Gasteiger partial charge in [-0.1, -0.05) is 11.8 Å². The predicted molar refractivity (Wildman–Crippen MR) is 44.9 cm³/mol. The second-order valence-electron chi connectivity index (χ2n) is 2.20. The number of amides is 1. The third-order valence-corrected chi connectivity index (χ3v) is 3.19. The lowest BCUT2D eigenvalue weighted by Crippen LogP contribution is -2.35. The number of carbonyl (C=O) groups excluding carboxylic acids is 2. The van der Waals surface area contributed by atoms with E-state index in [2.05, 4.69) is 0 Å². The number of fused-ring (bicyclic) bond motifs is 1. The van der Waals surface area contributed by atoms with E-state index in [1.807, 2.05) is 0 Å². The first-order valence-electron chi connectivity index (χ1n) is 3.08. The maximum atomic E-state index is 11.1. The van der Waals surface area contributed by atoms with E-state index < -0.39 is 0 Å². The second kappa shape index (κ2) is 2.57. The van der Waals surface area contributed by atoms with E-state index in [0.29, 0.717) is 17.3 Å². The van der Waals surface area contributed by atoms with E-state index in [0.717, 1.165) is 11.8 Å². The van der Waals surface area contributed by atoms with Crippen LogP contribution in [0.1, 0.15) is 0 Å². The summed E-state index contributed by atoms with van der Waals surface area (Å²) < 4.78 is 0. The van der Waals surface area contributed by atoms with Crippen molar-refractivity contribution < 1.29 is 9.59 Å². The topological polar surface area (TPSA) is 37.4 Å². The number of thioether (sulfide) groups is 2. The maximum absolute atomic E-state index is 11.1. The molecule has 2 aliphatic heterocycles. The van der Waals surface area contributed by atoms with Crippen LogP contribution in [0, 0.1) is 0 Å². The van der Waals surface area contributed by atoms with Crippen molar-refractivity contribution in [1.29, 1.82) is 0 Å². The lowest BCUT2D eigenvalue weighted by atomic mass is 10.4. The fourth-order valence-electron chi connectivity index (χ4n) is 0.968. The van der Waals surface area contributed by atoms with Gasteiger partial charge in [0.25, 0.3) is 0 Å². The Kier molecular flexibility index (Phi) is 1.69. The minimum atomic E-state index is 0.0228. The van der Waals surface area contributed by atoms with Gasteiger partial charge in [0.05, 0.1) is 11.6 Å². The highest BCUT2D eigenvalue weighted by molar-refractivity contribution is 8.15. The summed E-state index contributed by atoms with van der Waals surface area (Å²) in [4.78, 5) is 23.8. The first-order valence-corrected chi connectivity index (χ1v) is 5.12. The van der Waals surface area contributed by atoms with Gasteiger partial charge in [0.15, 0.2) is 0 Å². The summed E-state index contributed by atoms with van der Waals surface area (Å²) in [5.41, 5.74) is 0.566. The summed E-state index contributed by atoms with van der Waals surface area (Å²) >= 11 is 2.59. The van der Waals surface area contributed by atoms with E-state index >= 15 is 0 Å². The van der Waals surface area contributed by atoms with Crippen molar-refractivity contribution in [1.82, 2.24) is 4.90 Å². The van der Waals surface area contributed by atoms with Crippen LogP contribution >= 0.6 is 23.5 Å². The third kappa shape index (κ3) is 1.08. The van der Waals surface area contributed by atoms with Crippen LogP contribution in [0.15, 0.2) is 11.1 Å². The number of hydrogen-bond acceptors (Lipinski definition) is 4. The van der Waals surface area contributed by atoms with Gasteiger partial charge in [-0.3, -0.25) is 14.5 Å². The molecule has 2 aliphatic rings. The number of nitrogens with zero attached hydrogens (tertiary/aromatic N) is 1.